The maximum absolute atomic E-state index is 9.28. The van der Waals surface area contributed by atoms with Gasteiger partial charge in [-0.1, -0.05) is 26.7 Å². The molecule has 0 aromatic heterocycles. The van der Waals surface area contributed by atoms with Crippen molar-refractivity contribution in [1.82, 2.24) is 4.90 Å². The summed E-state index contributed by atoms with van der Waals surface area (Å²) in [4.78, 5) is 2.37. The molecule has 0 aliphatic carbocycles. The summed E-state index contributed by atoms with van der Waals surface area (Å²) >= 11 is 0. The first-order valence-corrected chi connectivity index (χ1v) is 5.61. The molecular weight excluding hydrogens is 162 g/mol. The molecule has 0 aliphatic heterocycles. The summed E-state index contributed by atoms with van der Waals surface area (Å²) in [6, 6.07) is 0. The van der Waals surface area contributed by atoms with Gasteiger partial charge in [-0.25, -0.2) is 0 Å². The van der Waals surface area contributed by atoms with Gasteiger partial charge < -0.3 is 10.0 Å². The topological polar surface area (TPSA) is 23.5 Å². The Morgan fingerprint density at radius 2 is 1.54 bits per heavy atom. The summed E-state index contributed by atoms with van der Waals surface area (Å²) < 4.78 is 0. The highest BCUT2D eigenvalue weighted by Gasteiger charge is 2.06. The Bertz CT molecular complexity index is 96.3. The summed E-state index contributed by atoms with van der Waals surface area (Å²) in [5, 5.41) is 9.28. The fourth-order valence-electron chi connectivity index (χ4n) is 1.43. The largest absolute Gasteiger partial charge is 0.392 e. The number of aliphatic hydroxyl groups excluding tert-OH is 1. The highest BCUT2D eigenvalue weighted by atomic mass is 16.3. The zero-order valence-electron chi connectivity index (χ0n) is 9.42. The van der Waals surface area contributed by atoms with Crippen molar-refractivity contribution in [2.75, 3.05) is 19.6 Å². The van der Waals surface area contributed by atoms with Crippen LogP contribution in [0.2, 0.25) is 0 Å². The fourth-order valence-corrected chi connectivity index (χ4v) is 1.43. The van der Waals surface area contributed by atoms with Crippen LogP contribution in [-0.2, 0) is 0 Å². The van der Waals surface area contributed by atoms with Crippen molar-refractivity contribution < 1.29 is 5.11 Å². The summed E-state index contributed by atoms with van der Waals surface area (Å²) in [6.45, 7) is 9.40. The first-order chi connectivity index (χ1) is 6.20. The Kier molecular flexibility index (Phi) is 8.46. The van der Waals surface area contributed by atoms with Crippen LogP contribution in [0.1, 0.15) is 46.5 Å². The Hall–Kier alpha value is -0.0800. The van der Waals surface area contributed by atoms with Gasteiger partial charge in [0.15, 0.2) is 0 Å². The summed E-state index contributed by atoms with van der Waals surface area (Å²) in [6.07, 6.45) is 4.78. The van der Waals surface area contributed by atoms with E-state index in [9.17, 15) is 5.11 Å². The second-order valence-corrected chi connectivity index (χ2v) is 3.86. The Morgan fingerprint density at radius 1 is 1.08 bits per heavy atom. The molecule has 0 radical (unpaired) electrons. The standard InChI is InChI=1S/C11H25NO/c1-4-6-8-12(9-7-5-2)10-11(3)13/h11,13H,4-10H2,1-3H3/t11-/m1/s1. The van der Waals surface area contributed by atoms with E-state index in [1.54, 1.807) is 0 Å². The molecule has 2 nitrogen and oxygen atoms in total. The minimum atomic E-state index is -0.186. The maximum Gasteiger partial charge on any atom is 0.0639 e. The molecule has 0 rings (SSSR count). The molecule has 0 aromatic rings. The molecule has 0 bridgehead atoms. The van der Waals surface area contributed by atoms with Crippen molar-refractivity contribution in [3.05, 3.63) is 0 Å². The average Bonchev–Trinajstić information content (AvgIpc) is 2.09. The van der Waals surface area contributed by atoms with Crippen molar-refractivity contribution in [2.45, 2.75) is 52.6 Å². The van der Waals surface area contributed by atoms with Crippen LogP contribution in [0.15, 0.2) is 0 Å². The lowest BCUT2D eigenvalue weighted by Gasteiger charge is -2.23. The van der Waals surface area contributed by atoms with E-state index in [1.807, 2.05) is 6.92 Å². The third-order valence-corrected chi connectivity index (χ3v) is 2.18. The van der Waals surface area contributed by atoms with Crippen LogP contribution in [0, 0.1) is 0 Å². The molecular formula is C11H25NO. The molecule has 0 aromatic carbocycles. The Labute approximate surface area is 82.9 Å². The molecule has 80 valence electrons. The highest BCUT2D eigenvalue weighted by molar-refractivity contribution is 4.61. The third kappa shape index (κ3) is 8.26. The molecule has 1 N–H and O–H groups in total. The van der Waals surface area contributed by atoms with Crippen LogP contribution in [0.3, 0.4) is 0 Å². The van der Waals surface area contributed by atoms with Gasteiger partial charge >= 0.3 is 0 Å². The lowest BCUT2D eigenvalue weighted by atomic mass is 10.2. The number of rotatable bonds is 8. The van der Waals surface area contributed by atoms with E-state index in [1.165, 1.54) is 25.7 Å². The van der Waals surface area contributed by atoms with Gasteiger partial charge in [-0.3, -0.25) is 0 Å². The van der Waals surface area contributed by atoms with Gasteiger partial charge in [-0.15, -0.1) is 0 Å². The molecule has 1 atom stereocenters. The van der Waals surface area contributed by atoms with Gasteiger partial charge in [0.25, 0.3) is 0 Å². The zero-order chi connectivity index (χ0) is 10.1. The van der Waals surface area contributed by atoms with Crippen LogP contribution in [0.4, 0.5) is 0 Å². The van der Waals surface area contributed by atoms with Gasteiger partial charge in [0.2, 0.25) is 0 Å². The zero-order valence-corrected chi connectivity index (χ0v) is 9.42. The van der Waals surface area contributed by atoms with Crippen LogP contribution in [0.25, 0.3) is 0 Å². The first-order valence-electron chi connectivity index (χ1n) is 5.61. The van der Waals surface area contributed by atoms with Gasteiger partial charge in [-0.05, 0) is 32.9 Å². The third-order valence-electron chi connectivity index (χ3n) is 2.18. The SMILES string of the molecule is CCCCN(CCCC)C[C@@H](C)O. The number of aliphatic hydroxyl groups is 1. The Morgan fingerprint density at radius 3 is 1.85 bits per heavy atom. The van der Waals surface area contributed by atoms with Crippen LogP contribution >= 0.6 is 0 Å². The molecule has 0 aliphatic rings. The monoisotopic (exact) mass is 187 g/mol. The van der Waals surface area contributed by atoms with E-state index in [0.29, 0.717) is 0 Å². The summed E-state index contributed by atoms with van der Waals surface area (Å²) in [5.41, 5.74) is 0. The van der Waals surface area contributed by atoms with Gasteiger partial charge in [0.1, 0.15) is 0 Å². The van der Waals surface area contributed by atoms with Crippen molar-refractivity contribution in [3.63, 3.8) is 0 Å². The van der Waals surface area contributed by atoms with Crippen molar-refractivity contribution in [1.29, 1.82) is 0 Å². The highest BCUT2D eigenvalue weighted by Crippen LogP contribution is 2.00. The average molecular weight is 187 g/mol. The van der Waals surface area contributed by atoms with E-state index in [0.717, 1.165) is 19.6 Å². The molecule has 0 amide bonds. The summed E-state index contributed by atoms with van der Waals surface area (Å²) in [5.74, 6) is 0. The Balaban J connectivity index is 3.60. The second kappa shape index (κ2) is 8.52. The predicted octanol–water partition coefficient (Wildman–Crippen LogP) is 2.27. The fraction of sp³-hybridized carbons (Fsp3) is 1.00. The van der Waals surface area contributed by atoms with E-state index < -0.39 is 0 Å². The molecule has 0 saturated heterocycles. The van der Waals surface area contributed by atoms with Crippen molar-refractivity contribution in [3.8, 4) is 0 Å². The van der Waals surface area contributed by atoms with E-state index in [4.69, 9.17) is 0 Å². The molecule has 13 heavy (non-hydrogen) atoms. The molecule has 2 heteroatoms. The number of unbranched alkanes of at least 4 members (excludes halogenated alkanes) is 2. The first kappa shape index (κ1) is 12.9. The summed E-state index contributed by atoms with van der Waals surface area (Å²) in [7, 11) is 0. The lowest BCUT2D eigenvalue weighted by Crippen LogP contribution is -2.32. The normalized spacial score (nSPS) is 13.6. The van der Waals surface area contributed by atoms with E-state index >= 15 is 0 Å². The van der Waals surface area contributed by atoms with Crippen LogP contribution in [0.5, 0.6) is 0 Å². The van der Waals surface area contributed by atoms with Gasteiger partial charge in [0, 0.05) is 6.54 Å². The molecule has 0 fully saturated rings. The minimum absolute atomic E-state index is 0.186. The van der Waals surface area contributed by atoms with Gasteiger partial charge in [-0.2, -0.15) is 0 Å². The smallest absolute Gasteiger partial charge is 0.0639 e. The van der Waals surface area contributed by atoms with Crippen LogP contribution < -0.4 is 0 Å². The second-order valence-electron chi connectivity index (χ2n) is 3.86. The number of hydrogen-bond acceptors (Lipinski definition) is 2. The molecule has 0 heterocycles. The minimum Gasteiger partial charge on any atom is -0.392 e. The van der Waals surface area contributed by atoms with Gasteiger partial charge in [0.05, 0.1) is 6.10 Å². The number of nitrogens with zero attached hydrogens (tertiary/aromatic N) is 1. The van der Waals surface area contributed by atoms with E-state index in [2.05, 4.69) is 18.7 Å². The molecule has 0 saturated carbocycles. The van der Waals surface area contributed by atoms with Crippen molar-refractivity contribution >= 4 is 0 Å². The molecule has 0 unspecified atom stereocenters. The van der Waals surface area contributed by atoms with E-state index in [-0.39, 0.29) is 6.10 Å². The predicted molar refractivity (Wildman–Crippen MR) is 57.9 cm³/mol. The van der Waals surface area contributed by atoms with Crippen LogP contribution in [-0.4, -0.2) is 35.7 Å². The quantitative estimate of drug-likeness (QED) is 0.630. The lowest BCUT2D eigenvalue weighted by molar-refractivity contribution is 0.124. The van der Waals surface area contributed by atoms with Crippen molar-refractivity contribution in [2.24, 2.45) is 0 Å². The number of hydrogen-bond donors (Lipinski definition) is 1. The maximum atomic E-state index is 9.28. The molecule has 0 spiro atoms.